The number of benzene rings is 1. The van der Waals surface area contributed by atoms with Crippen LogP contribution < -0.4 is 15.4 Å². The molecular weight excluding hydrogens is 437 g/mol. The molecule has 160 valence electrons. The van der Waals surface area contributed by atoms with E-state index < -0.39 is 0 Å². The fourth-order valence-electron chi connectivity index (χ4n) is 3.37. The smallest absolute Gasteiger partial charge is 0.255 e. The van der Waals surface area contributed by atoms with Crippen molar-refractivity contribution in [2.75, 3.05) is 36.8 Å². The van der Waals surface area contributed by atoms with E-state index in [2.05, 4.69) is 14.9 Å². The van der Waals surface area contributed by atoms with Gasteiger partial charge in [-0.25, -0.2) is 9.97 Å². The average Bonchev–Trinajstić information content (AvgIpc) is 2.80. The first kappa shape index (κ1) is 21.2. The van der Waals surface area contributed by atoms with Crippen LogP contribution in [-0.2, 0) is 6.61 Å². The number of nitrogens with zero attached hydrogens (tertiary/aromatic N) is 4. The number of nitrogen functional groups attached to an aromatic ring is 1. The van der Waals surface area contributed by atoms with Crippen molar-refractivity contribution in [3.63, 3.8) is 0 Å². The summed E-state index contributed by atoms with van der Waals surface area (Å²) in [5.41, 5.74) is 7.01. The van der Waals surface area contributed by atoms with Crippen molar-refractivity contribution in [2.24, 2.45) is 0 Å². The van der Waals surface area contributed by atoms with E-state index in [-0.39, 0.29) is 18.3 Å². The van der Waals surface area contributed by atoms with Gasteiger partial charge in [-0.05, 0) is 30.3 Å². The molecule has 0 unspecified atom stereocenters. The Morgan fingerprint density at radius 1 is 1.03 bits per heavy atom. The highest BCUT2D eigenvalue weighted by atomic mass is 35.5. The highest BCUT2D eigenvalue weighted by Crippen LogP contribution is 2.28. The Morgan fingerprint density at radius 2 is 1.77 bits per heavy atom. The number of hydrogen-bond donors (Lipinski definition) is 1. The van der Waals surface area contributed by atoms with Gasteiger partial charge >= 0.3 is 0 Å². The first-order chi connectivity index (χ1) is 15.0. The first-order valence-electron chi connectivity index (χ1n) is 9.79. The number of nitrogens with two attached hydrogens (primary N) is 1. The molecule has 3 heterocycles. The summed E-state index contributed by atoms with van der Waals surface area (Å²) < 4.78 is 5.79. The highest BCUT2D eigenvalue weighted by Gasteiger charge is 2.24. The van der Waals surface area contributed by atoms with Crippen molar-refractivity contribution in [2.45, 2.75) is 6.61 Å². The number of amides is 1. The van der Waals surface area contributed by atoms with E-state index in [1.807, 2.05) is 18.2 Å². The van der Waals surface area contributed by atoms with Gasteiger partial charge in [0.15, 0.2) is 11.6 Å². The van der Waals surface area contributed by atoms with Crippen molar-refractivity contribution in [3.05, 3.63) is 76.0 Å². The van der Waals surface area contributed by atoms with E-state index in [0.29, 0.717) is 53.1 Å². The monoisotopic (exact) mass is 457 g/mol. The molecule has 3 aromatic rings. The third-order valence-electron chi connectivity index (χ3n) is 5.10. The minimum Gasteiger partial charge on any atom is -0.485 e. The van der Waals surface area contributed by atoms with E-state index in [9.17, 15) is 4.79 Å². The Kier molecular flexibility index (Phi) is 6.44. The van der Waals surface area contributed by atoms with Gasteiger partial charge in [-0.15, -0.1) is 0 Å². The van der Waals surface area contributed by atoms with Gasteiger partial charge in [-0.2, -0.15) is 0 Å². The van der Waals surface area contributed by atoms with Gasteiger partial charge in [0.05, 0.1) is 5.56 Å². The van der Waals surface area contributed by atoms with Crippen LogP contribution in [0, 0.1) is 0 Å². The summed E-state index contributed by atoms with van der Waals surface area (Å²) in [4.78, 5) is 25.5. The summed E-state index contributed by atoms with van der Waals surface area (Å²) in [7, 11) is 0. The lowest BCUT2D eigenvalue weighted by Gasteiger charge is -2.35. The molecule has 1 aromatic carbocycles. The number of anilines is 2. The minimum atomic E-state index is -0.117. The van der Waals surface area contributed by atoms with E-state index >= 15 is 0 Å². The quantitative estimate of drug-likeness (QED) is 0.624. The molecule has 0 aliphatic carbocycles. The molecule has 0 radical (unpaired) electrons. The molecule has 1 amide bonds. The number of carbonyl (C=O) groups is 1. The number of halogens is 2. The largest absolute Gasteiger partial charge is 0.485 e. The predicted octanol–water partition coefficient (Wildman–Crippen LogP) is 3.91. The van der Waals surface area contributed by atoms with Gasteiger partial charge in [0.1, 0.15) is 12.4 Å². The molecule has 4 rings (SSSR count). The van der Waals surface area contributed by atoms with Crippen LogP contribution >= 0.6 is 23.2 Å². The molecule has 1 aliphatic rings. The van der Waals surface area contributed by atoms with Crippen molar-refractivity contribution >= 4 is 40.7 Å². The number of hydrogen-bond acceptors (Lipinski definition) is 6. The molecule has 1 saturated heterocycles. The topological polar surface area (TPSA) is 84.6 Å². The molecule has 0 saturated carbocycles. The summed E-state index contributed by atoms with van der Waals surface area (Å²) in [6, 6.07) is 12.7. The second kappa shape index (κ2) is 9.41. The van der Waals surface area contributed by atoms with Gasteiger partial charge in [0.2, 0.25) is 0 Å². The molecule has 2 aromatic heterocycles. The third kappa shape index (κ3) is 4.84. The van der Waals surface area contributed by atoms with Crippen LogP contribution in [-0.4, -0.2) is 47.0 Å². The summed E-state index contributed by atoms with van der Waals surface area (Å²) >= 11 is 12.4. The van der Waals surface area contributed by atoms with Gasteiger partial charge in [-0.3, -0.25) is 4.79 Å². The lowest BCUT2D eigenvalue weighted by atomic mass is 10.2. The zero-order valence-electron chi connectivity index (χ0n) is 16.7. The number of rotatable bonds is 5. The number of ether oxygens (including phenoxy) is 1. The van der Waals surface area contributed by atoms with Crippen molar-refractivity contribution in [1.29, 1.82) is 0 Å². The maximum absolute atomic E-state index is 13.0. The Hall–Kier alpha value is -3.03. The summed E-state index contributed by atoms with van der Waals surface area (Å²) in [5.74, 6) is 1.31. The molecule has 7 nitrogen and oxygen atoms in total. The van der Waals surface area contributed by atoms with E-state index in [1.54, 1.807) is 35.4 Å². The molecular formula is C22H21Cl2N5O2. The first-order valence-corrected chi connectivity index (χ1v) is 10.5. The second-order valence-electron chi connectivity index (χ2n) is 7.06. The molecule has 2 N–H and O–H groups in total. The summed E-state index contributed by atoms with van der Waals surface area (Å²) in [6.07, 6.45) is 3.24. The lowest BCUT2D eigenvalue weighted by molar-refractivity contribution is 0.0745. The highest BCUT2D eigenvalue weighted by molar-refractivity contribution is 6.35. The maximum atomic E-state index is 13.0. The predicted molar refractivity (Wildman–Crippen MR) is 122 cm³/mol. The summed E-state index contributed by atoms with van der Waals surface area (Å²) in [6.45, 7) is 2.71. The van der Waals surface area contributed by atoms with Crippen molar-refractivity contribution in [3.8, 4) is 5.75 Å². The van der Waals surface area contributed by atoms with Crippen molar-refractivity contribution in [1.82, 2.24) is 14.9 Å². The van der Waals surface area contributed by atoms with Crippen LogP contribution in [0.15, 0.2) is 54.9 Å². The number of carbonyl (C=O) groups excluding carboxylic acids is 1. The third-order valence-corrected chi connectivity index (χ3v) is 5.81. The van der Waals surface area contributed by atoms with Crippen LogP contribution in [0.4, 0.5) is 11.6 Å². The fraction of sp³-hybridized carbons (Fsp3) is 0.227. The van der Waals surface area contributed by atoms with Gasteiger partial charge in [0, 0.05) is 54.2 Å². The van der Waals surface area contributed by atoms with Crippen LogP contribution in [0.1, 0.15) is 15.9 Å². The van der Waals surface area contributed by atoms with E-state index in [0.717, 1.165) is 5.82 Å². The Labute approximate surface area is 190 Å². The number of aromatic nitrogens is 2. The molecule has 1 fully saturated rings. The van der Waals surface area contributed by atoms with Crippen LogP contribution in [0.25, 0.3) is 0 Å². The molecule has 0 spiro atoms. The number of piperazine rings is 1. The second-order valence-corrected chi connectivity index (χ2v) is 7.88. The van der Waals surface area contributed by atoms with E-state index in [4.69, 9.17) is 33.7 Å². The van der Waals surface area contributed by atoms with E-state index in [1.165, 1.54) is 6.20 Å². The number of pyridine rings is 2. The minimum absolute atomic E-state index is 0.116. The molecule has 9 heteroatoms. The molecule has 1 aliphatic heterocycles. The van der Waals surface area contributed by atoms with Gasteiger partial charge in [0.25, 0.3) is 5.91 Å². The standard InChI is InChI=1S/C22H21Cl2N5O2/c23-17-4-3-5-18(24)16(17)14-31-19-12-15(13-27-21(19)25)22(30)29-10-8-28(9-11-29)20-6-1-2-7-26-20/h1-7,12-13H,8-11,14H2,(H2,25,27). The van der Waals surface area contributed by atoms with Gasteiger partial charge in [-0.1, -0.05) is 35.3 Å². The molecule has 0 bridgehead atoms. The van der Waals surface area contributed by atoms with Crippen LogP contribution in [0.3, 0.4) is 0 Å². The molecule has 0 atom stereocenters. The van der Waals surface area contributed by atoms with Gasteiger partial charge < -0.3 is 20.3 Å². The molecule has 31 heavy (non-hydrogen) atoms. The summed E-state index contributed by atoms with van der Waals surface area (Å²) in [5, 5.41) is 0.995. The van der Waals surface area contributed by atoms with Crippen molar-refractivity contribution < 1.29 is 9.53 Å². The SMILES string of the molecule is Nc1ncc(C(=O)N2CCN(c3ccccn3)CC2)cc1OCc1c(Cl)cccc1Cl. The maximum Gasteiger partial charge on any atom is 0.255 e. The zero-order valence-corrected chi connectivity index (χ0v) is 18.2. The zero-order chi connectivity index (χ0) is 21.8. The Bertz CT molecular complexity index is 1050. The van der Waals surface area contributed by atoms with Crippen LogP contribution in [0.5, 0.6) is 5.75 Å². The fourth-order valence-corrected chi connectivity index (χ4v) is 3.88. The Balaban J connectivity index is 1.42. The normalized spacial score (nSPS) is 13.9. The lowest BCUT2D eigenvalue weighted by Crippen LogP contribution is -2.49. The van der Waals surface area contributed by atoms with Crippen LogP contribution in [0.2, 0.25) is 10.0 Å². The average molecular weight is 458 g/mol. The Morgan fingerprint density at radius 3 is 2.45 bits per heavy atom.